The number of nitrogens with one attached hydrogen (secondary N) is 1. The molecule has 0 aliphatic heterocycles. The van der Waals surface area contributed by atoms with E-state index in [9.17, 15) is 4.79 Å². The van der Waals surface area contributed by atoms with Gasteiger partial charge in [0.25, 0.3) is 0 Å². The summed E-state index contributed by atoms with van der Waals surface area (Å²) in [7, 11) is 0. The molecule has 1 atom stereocenters. The van der Waals surface area contributed by atoms with Crippen molar-refractivity contribution >= 4 is 5.91 Å². The number of hydrogen-bond donors (Lipinski definition) is 1. The first kappa shape index (κ1) is 16.5. The van der Waals surface area contributed by atoms with E-state index in [1.807, 2.05) is 43.5 Å². The Balaban J connectivity index is 1.47. The van der Waals surface area contributed by atoms with Gasteiger partial charge in [-0.05, 0) is 48.1 Å². The van der Waals surface area contributed by atoms with E-state index in [1.165, 1.54) is 11.1 Å². The molecule has 0 bridgehead atoms. The Labute approximate surface area is 154 Å². The summed E-state index contributed by atoms with van der Waals surface area (Å²) in [6, 6.07) is 22.6. The number of nitrogens with zero attached hydrogens (tertiary/aromatic N) is 1. The molecule has 0 saturated heterocycles. The molecule has 3 nitrogen and oxygen atoms in total. The fraction of sp³-hybridized carbons (Fsp3) is 0.217. The third-order valence-electron chi connectivity index (χ3n) is 5.26. The molecule has 1 heterocycles. The summed E-state index contributed by atoms with van der Waals surface area (Å²) in [6.07, 6.45) is 5.34. The van der Waals surface area contributed by atoms with Gasteiger partial charge in [-0.15, -0.1) is 0 Å². The van der Waals surface area contributed by atoms with Gasteiger partial charge in [-0.2, -0.15) is 0 Å². The molecule has 4 rings (SSSR count). The monoisotopic (exact) mass is 342 g/mol. The van der Waals surface area contributed by atoms with Crippen molar-refractivity contribution in [1.29, 1.82) is 0 Å². The van der Waals surface area contributed by atoms with Crippen LogP contribution in [0.4, 0.5) is 0 Å². The van der Waals surface area contributed by atoms with E-state index in [0.717, 1.165) is 24.0 Å². The lowest BCUT2D eigenvalue weighted by Gasteiger charge is -2.20. The molecule has 1 aromatic heterocycles. The fourth-order valence-electron chi connectivity index (χ4n) is 3.43. The Morgan fingerprint density at radius 1 is 0.962 bits per heavy atom. The van der Waals surface area contributed by atoms with Gasteiger partial charge in [-0.25, -0.2) is 0 Å². The first-order valence-electron chi connectivity index (χ1n) is 9.06. The molecule has 1 N–H and O–H groups in total. The van der Waals surface area contributed by atoms with E-state index in [4.69, 9.17) is 0 Å². The van der Waals surface area contributed by atoms with Crippen LogP contribution in [-0.4, -0.2) is 10.9 Å². The zero-order valence-electron chi connectivity index (χ0n) is 14.9. The summed E-state index contributed by atoms with van der Waals surface area (Å²) in [6.45, 7) is 2.04. The maximum atomic E-state index is 12.9. The SMILES string of the molecule is C[C@@H](NC(=O)C1(c2cccnc2)CC1)c1ccc(-c2ccccc2)cc1. The van der Waals surface area contributed by atoms with Crippen molar-refractivity contribution in [3.8, 4) is 11.1 Å². The third kappa shape index (κ3) is 3.13. The minimum atomic E-state index is -0.382. The quantitative estimate of drug-likeness (QED) is 0.733. The van der Waals surface area contributed by atoms with Crippen molar-refractivity contribution < 1.29 is 4.79 Å². The number of benzene rings is 2. The van der Waals surface area contributed by atoms with Crippen molar-refractivity contribution in [3.63, 3.8) is 0 Å². The first-order valence-corrected chi connectivity index (χ1v) is 9.06. The number of rotatable bonds is 5. The summed E-state index contributed by atoms with van der Waals surface area (Å²) in [5.74, 6) is 0.102. The van der Waals surface area contributed by atoms with Crippen LogP contribution >= 0.6 is 0 Å². The molecular weight excluding hydrogens is 320 g/mol. The summed E-state index contributed by atoms with van der Waals surface area (Å²) in [5, 5.41) is 3.19. The van der Waals surface area contributed by atoms with Gasteiger partial charge in [-0.3, -0.25) is 9.78 Å². The molecule has 1 fully saturated rings. The molecule has 1 amide bonds. The second kappa shape index (κ2) is 6.75. The average molecular weight is 342 g/mol. The fourth-order valence-corrected chi connectivity index (χ4v) is 3.43. The van der Waals surface area contributed by atoms with E-state index < -0.39 is 0 Å². The van der Waals surface area contributed by atoms with Gasteiger partial charge in [0, 0.05) is 12.4 Å². The smallest absolute Gasteiger partial charge is 0.231 e. The van der Waals surface area contributed by atoms with Gasteiger partial charge in [0.15, 0.2) is 0 Å². The van der Waals surface area contributed by atoms with E-state index in [1.54, 1.807) is 6.20 Å². The van der Waals surface area contributed by atoms with Crippen LogP contribution in [0.2, 0.25) is 0 Å². The van der Waals surface area contributed by atoms with Gasteiger partial charge in [0.1, 0.15) is 0 Å². The zero-order valence-corrected chi connectivity index (χ0v) is 14.9. The molecule has 3 aromatic rings. The predicted molar refractivity (Wildman–Crippen MR) is 104 cm³/mol. The number of pyridine rings is 1. The van der Waals surface area contributed by atoms with Crippen molar-refractivity contribution in [2.75, 3.05) is 0 Å². The Bertz CT molecular complexity index is 885. The molecular formula is C23H22N2O. The first-order chi connectivity index (χ1) is 12.7. The molecule has 1 aliphatic rings. The minimum Gasteiger partial charge on any atom is -0.349 e. The van der Waals surface area contributed by atoms with E-state index >= 15 is 0 Å². The summed E-state index contributed by atoms with van der Waals surface area (Å²) in [5.41, 5.74) is 4.13. The second-order valence-electron chi connectivity index (χ2n) is 7.01. The van der Waals surface area contributed by atoms with Crippen molar-refractivity contribution in [3.05, 3.63) is 90.3 Å². The molecule has 0 radical (unpaired) electrons. The number of carbonyl (C=O) groups is 1. The van der Waals surface area contributed by atoms with Crippen LogP contribution in [0.3, 0.4) is 0 Å². The molecule has 26 heavy (non-hydrogen) atoms. The van der Waals surface area contributed by atoms with Crippen LogP contribution in [0.1, 0.15) is 36.9 Å². The topological polar surface area (TPSA) is 42.0 Å². The van der Waals surface area contributed by atoms with Gasteiger partial charge in [-0.1, -0.05) is 60.7 Å². The van der Waals surface area contributed by atoms with E-state index in [0.29, 0.717) is 0 Å². The molecule has 0 unspecified atom stereocenters. The second-order valence-corrected chi connectivity index (χ2v) is 7.01. The summed E-state index contributed by atoms with van der Waals surface area (Å²) >= 11 is 0. The number of aromatic nitrogens is 1. The minimum absolute atomic E-state index is 0.0264. The normalized spacial score (nSPS) is 15.9. The van der Waals surface area contributed by atoms with Crippen molar-refractivity contribution in [2.45, 2.75) is 31.2 Å². The molecule has 0 spiro atoms. The molecule has 2 aromatic carbocycles. The van der Waals surface area contributed by atoms with Crippen LogP contribution in [0.25, 0.3) is 11.1 Å². The Morgan fingerprint density at radius 3 is 2.27 bits per heavy atom. The molecule has 1 saturated carbocycles. The van der Waals surface area contributed by atoms with Crippen LogP contribution in [0.5, 0.6) is 0 Å². The van der Waals surface area contributed by atoms with Gasteiger partial charge in [0.2, 0.25) is 5.91 Å². The molecule has 130 valence electrons. The summed E-state index contributed by atoms with van der Waals surface area (Å²) < 4.78 is 0. The molecule has 3 heteroatoms. The van der Waals surface area contributed by atoms with Gasteiger partial charge < -0.3 is 5.32 Å². The van der Waals surface area contributed by atoms with Crippen LogP contribution in [-0.2, 0) is 10.2 Å². The van der Waals surface area contributed by atoms with Crippen LogP contribution in [0.15, 0.2) is 79.1 Å². The highest BCUT2D eigenvalue weighted by Gasteiger charge is 2.51. The lowest BCUT2D eigenvalue weighted by atomic mass is 9.95. The largest absolute Gasteiger partial charge is 0.349 e. The lowest BCUT2D eigenvalue weighted by molar-refractivity contribution is -0.124. The number of amides is 1. The Morgan fingerprint density at radius 2 is 1.65 bits per heavy atom. The van der Waals surface area contributed by atoms with Gasteiger partial charge >= 0.3 is 0 Å². The average Bonchev–Trinajstić information content (AvgIpc) is 3.52. The van der Waals surface area contributed by atoms with E-state index in [-0.39, 0.29) is 17.4 Å². The Hall–Kier alpha value is -2.94. The highest BCUT2D eigenvalue weighted by Crippen LogP contribution is 2.48. The number of hydrogen-bond acceptors (Lipinski definition) is 2. The Kier molecular flexibility index (Phi) is 4.29. The van der Waals surface area contributed by atoms with Crippen molar-refractivity contribution in [1.82, 2.24) is 10.3 Å². The van der Waals surface area contributed by atoms with E-state index in [2.05, 4.69) is 46.7 Å². The maximum Gasteiger partial charge on any atom is 0.231 e. The van der Waals surface area contributed by atoms with Crippen LogP contribution < -0.4 is 5.32 Å². The standard InChI is InChI=1S/C23H22N2O/c1-17(18-9-11-20(12-10-18)19-6-3-2-4-7-19)25-22(26)23(13-14-23)21-8-5-15-24-16-21/h2-12,15-17H,13-14H2,1H3,(H,25,26)/t17-/m1/s1. The highest BCUT2D eigenvalue weighted by molar-refractivity contribution is 5.91. The van der Waals surface area contributed by atoms with Crippen LogP contribution in [0, 0.1) is 0 Å². The maximum absolute atomic E-state index is 12.9. The van der Waals surface area contributed by atoms with Gasteiger partial charge in [0.05, 0.1) is 11.5 Å². The summed E-state index contributed by atoms with van der Waals surface area (Å²) in [4.78, 5) is 17.0. The number of carbonyl (C=O) groups excluding carboxylic acids is 1. The highest BCUT2D eigenvalue weighted by atomic mass is 16.2. The predicted octanol–water partition coefficient (Wildman–Crippen LogP) is 4.66. The third-order valence-corrected chi connectivity index (χ3v) is 5.26. The molecule has 1 aliphatic carbocycles. The lowest BCUT2D eigenvalue weighted by Crippen LogP contribution is -2.36. The van der Waals surface area contributed by atoms with Crippen molar-refractivity contribution in [2.24, 2.45) is 0 Å². The zero-order chi connectivity index (χ0) is 18.0.